The Morgan fingerprint density at radius 2 is 2.12 bits per heavy atom. The van der Waals surface area contributed by atoms with E-state index in [2.05, 4.69) is 29.8 Å². The molecule has 0 radical (unpaired) electrons. The van der Waals surface area contributed by atoms with Gasteiger partial charge in [-0.25, -0.2) is 0 Å². The number of nitrogens with one attached hydrogen (secondary N) is 1. The standard InChI is InChI=1S/C11H13N3S.HI/c1-2-14-7-10(15-11(12)13)8-5-3-4-6-9(8)14;/h3-7H,2H2,1H3,(H3,12,13);1H/p-1. The van der Waals surface area contributed by atoms with Crippen LogP contribution < -0.4 is 29.7 Å². The van der Waals surface area contributed by atoms with Gasteiger partial charge in [0.05, 0.1) is 0 Å². The summed E-state index contributed by atoms with van der Waals surface area (Å²) in [5, 5.41) is 8.60. The zero-order chi connectivity index (χ0) is 10.8. The van der Waals surface area contributed by atoms with Crippen LogP contribution in [0.2, 0.25) is 0 Å². The average molecular weight is 346 g/mol. The van der Waals surface area contributed by atoms with E-state index in [-0.39, 0.29) is 29.1 Å². The largest absolute Gasteiger partial charge is 1.00 e. The molecule has 86 valence electrons. The summed E-state index contributed by atoms with van der Waals surface area (Å²) in [6.45, 7) is 3.04. The zero-order valence-electron chi connectivity index (χ0n) is 8.90. The smallest absolute Gasteiger partial charge is 0.156 e. The quantitative estimate of drug-likeness (QED) is 0.338. The molecule has 3 nitrogen and oxygen atoms in total. The van der Waals surface area contributed by atoms with Gasteiger partial charge in [0.2, 0.25) is 0 Å². The van der Waals surface area contributed by atoms with Gasteiger partial charge in [-0.1, -0.05) is 30.0 Å². The molecule has 5 heteroatoms. The summed E-state index contributed by atoms with van der Waals surface area (Å²) in [6, 6.07) is 8.18. The van der Waals surface area contributed by atoms with E-state index in [1.165, 1.54) is 22.7 Å². The van der Waals surface area contributed by atoms with Crippen LogP contribution in [0.3, 0.4) is 0 Å². The molecule has 0 fully saturated rings. The third kappa shape index (κ3) is 2.52. The second-order valence-corrected chi connectivity index (χ2v) is 4.35. The lowest BCUT2D eigenvalue weighted by Crippen LogP contribution is -3.00. The van der Waals surface area contributed by atoms with E-state index in [0.717, 1.165) is 11.4 Å². The predicted molar refractivity (Wildman–Crippen MR) is 65.4 cm³/mol. The lowest BCUT2D eigenvalue weighted by atomic mass is 10.2. The minimum atomic E-state index is 0. The molecule has 3 N–H and O–H groups in total. The highest BCUT2D eigenvalue weighted by Crippen LogP contribution is 2.29. The fraction of sp³-hybridized carbons (Fsp3) is 0.182. The van der Waals surface area contributed by atoms with Crippen molar-refractivity contribution < 1.29 is 24.0 Å². The molecule has 16 heavy (non-hydrogen) atoms. The van der Waals surface area contributed by atoms with Gasteiger partial charge < -0.3 is 34.3 Å². The number of aromatic nitrogens is 1. The number of benzene rings is 1. The first-order chi connectivity index (χ1) is 7.22. The Kier molecular flexibility index (Phi) is 4.67. The second-order valence-electron chi connectivity index (χ2n) is 3.26. The summed E-state index contributed by atoms with van der Waals surface area (Å²) < 4.78 is 2.17. The number of nitrogens with two attached hydrogens (primary N) is 1. The number of para-hydroxylation sites is 1. The van der Waals surface area contributed by atoms with Crippen LogP contribution in [0, 0.1) is 5.41 Å². The van der Waals surface area contributed by atoms with Crippen LogP contribution in [0.15, 0.2) is 35.4 Å². The van der Waals surface area contributed by atoms with E-state index >= 15 is 0 Å². The number of aryl methyl sites for hydroxylation is 1. The molecule has 0 aliphatic rings. The molecule has 0 atom stereocenters. The molecule has 1 heterocycles. The van der Waals surface area contributed by atoms with Crippen molar-refractivity contribution in [2.75, 3.05) is 0 Å². The molecule has 0 amide bonds. The molecular formula is C11H13IN3S-. The first kappa shape index (κ1) is 13.4. The van der Waals surface area contributed by atoms with Gasteiger partial charge in [-0.3, -0.25) is 5.41 Å². The summed E-state index contributed by atoms with van der Waals surface area (Å²) in [6.07, 6.45) is 2.05. The fourth-order valence-electron chi connectivity index (χ4n) is 1.67. The minimum Gasteiger partial charge on any atom is -1.00 e. The van der Waals surface area contributed by atoms with Crippen molar-refractivity contribution in [2.24, 2.45) is 5.73 Å². The highest BCUT2D eigenvalue weighted by atomic mass is 127. The Bertz CT molecular complexity index is 507. The minimum absolute atomic E-state index is 0. The molecule has 0 spiro atoms. The first-order valence-corrected chi connectivity index (χ1v) is 5.63. The topological polar surface area (TPSA) is 54.8 Å². The van der Waals surface area contributed by atoms with E-state index in [1.807, 2.05) is 12.1 Å². The van der Waals surface area contributed by atoms with Gasteiger partial charge in [-0.15, -0.1) is 0 Å². The van der Waals surface area contributed by atoms with Gasteiger partial charge in [0.15, 0.2) is 5.17 Å². The molecule has 2 aromatic rings. The maximum Gasteiger partial charge on any atom is 0.156 e. The molecule has 0 saturated heterocycles. The van der Waals surface area contributed by atoms with Crippen molar-refractivity contribution in [1.82, 2.24) is 4.57 Å². The van der Waals surface area contributed by atoms with Crippen LogP contribution in [0.25, 0.3) is 10.9 Å². The van der Waals surface area contributed by atoms with Gasteiger partial charge in [-0.2, -0.15) is 0 Å². The summed E-state index contributed by atoms with van der Waals surface area (Å²) in [5.74, 6) is 0. The Morgan fingerprint density at radius 1 is 1.44 bits per heavy atom. The summed E-state index contributed by atoms with van der Waals surface area (Å²) in [5.41, 5.74) is 6.60. The summed E-state index contributed by atoms with van der Waals surface area (Å²) >= 11 is 1.30. The predicted octanol–water partition coefficient (Wildman–Crippen LogP) is -0.349. The van der Waals surface area contributed by atoms with E-state index in [0.29, 0.717) is 0 Å². The number of hydrogen-bond donors (Lipinski definition) is 2. The monoisotopic (exact) mass is 346 g/mol. The number of fused-ring (bicyclic) bond motifs is 1. The summed E-state index contributed by atoms with van der Waals surface area (Å²) in [7, 11) is 0. The summed E-state index contributed by atoms with van der Waals surface area (Å²) in [4.78, 5) is 1.06. The van der Waals surface area contributed by atoms with E-state index < -0.39 is 0 Å². The fourth-order valence-corrected chi connectivity index (χ4v) is 2.37. The number of thioether (sulfide) groups is 1. The van der Waals surface area contributed by atoms with E-state index in [1.54, 1.807) is 0 Å². The molecule has 0 unspecified atom stereocenters. The highest BCUT2D eigenvalue weighted by molar-refractivity contribution is 8.13. The molecule has 0 saturated carbocycles. The van der Waals surface area contributed by atoms with Crippen molar-refractivity contribution in [3.63, 3.8) is 0 Å². The van der Waals surface area contributed by atoms with Crippen LogP contribution in [-0.4, -0.2) is 9.73 Å². The lowest BCUT2D eigenvalue weighted by Gasteiger charge is -1.97. The van der Waals surface area contributed by atoms with Gasteiger partial charge in [-0.05, 0) is 13.0 Å². The van der Waals surface area contributed by atoms with Crippen molar-refractivity contribution in [2.45, 2.75) is 18.4 Å². The Labute approximate surface area is 116 Å². The number of rotatable bonds is 2. The first-order valence-electron chi connectivity index (χ1n) is 4.82. The normalized spacial score (nSPS) is 10.1. The lowest BCUT2D eigenvalue weighted by molar-refractivity contribution is -0.00000336. The van der Waals surface area contributed by atoms with Crippen molar-refractivity contribution in [3.8, 4) is 0 Å². The number of amidine groups is 1. The third-order valence-electron chi connectivity index (χ3n) is 2.31. The Balaban J connectivity index is 0.00000128. The van der Waals surface area contributed by atoms with Crippen LogP contribution in [0.1, 0.15) is 6.92 Å². The molecule has 0 bridgehead atoms. The SMILES string of the molecule is CCn1cc(SC(=N)N)c2ccccc21.[I-]. The van der Waals surface area contributed by atoms with Crippen LogP contribution >= 0.6 is 11.8 Å². The van der Waals surface area contributed by atoms with E-state index in [4.69, 9.17) is 11.1 Å². The molecule has 0 aliphatic heterocycles. The molecule has 0 aliphatic carbocycles. The molecule has 1 aromatic heterocycles. The molecular weight excluding hydrogens is 333 g/mol. The van der Waals surface area contributed by atoms with Crippen LogP contribution in [-0.2, 0) is 6.54 Å². The Morgan fingerprint density at radius 3 is 2.75 bits per heavy atom. The van der Waals surface area contributed by atoms with Gasteiger partial charge in [0.25, 0.3) is 0 Å². The highest BCUT2D eigenvalue weighted by Gasteiger charge is 2.08. The van der Waals surface area contributed by atoms with Crippen molar-refractivity contribution in [3.05, 3.63) is 30.5 Å². The van der Waals surface area contributed by atoms with Crippen molar-refractivity contribution >= 4 is 27.8 Å². The average Bonchev–Trinajstić information content (AvgIpc) is 2.56. The molecule has 2 rings (SSSR count). The maximum absolute atomic E-state index is 7.30. The number of halogens is 1. The number of nitrogens with zero attached hydrogens (tertiary/aromatic N) is 1. The maximum atomic E-state index is 7.30. The van der Waals surface area contributed by atoms with Gasteiger partial charge >= 0.3 is 0 Å². The zero-order valence-corrected chi connectivity index (χ0v) is 11.9. The second kappa shape index (κ2) is 5.58. The van der Waals surface area contributed by atoms with Gasteiger partial charge in [0.1, 0.15) is 0 Å². The Hall–Kier alpha value is -0.690. The van der Waals surface area contributed by atoms with Gasteiger partial charge in [0, 0.05) is 28.5 Å². The third-order valence-corrected chi connectivity index (χ3v) is 3.08. The van der Waals surface area contributed by atoms with E-state index in [9.17, 15) is 0 Å². The molecule has 1 aromatic carbocycles. The van der Waals surface area contributed by atoms with Crippen molar-refractivity contribution in [1.29, 1.82) is 5.41 Å². The van der Waals surface area contributed by atoms with Crippen LogP contribution in [0.5, 0.6) is 0 Å². The van der Waals surface area contributed by atoms with Crippen LogP contribution in [0.4, 0.5) is 0 Å². The number of hydrogen-bond acceptors (Lipinski definition) is 2.